The Hall–Kier alpha value is -7.86. The van der Waals surface area contributed by atoms with Crippen molar-refractivity contribution in [2.75, 3.05) is 12.9 Å². The zero-order valence-electron chi connectivity index (χ0n) is 41.8. The molecule has 10 heteroatoms. The summed E-state index contributed by atoms with van der Waals surface area (Å²) in [6.45, 7) is 2.73. The van der Waals surface area contributed by atoms with Gasteiger partial charge in [0.15, 0.2) is 0 Å². The van der Waals surface area contributed by atoms with Crippen molar-refractivity contribution in [3.63, 3.8) is 0 Å². The number of benzene rings is 8. The molecule has 1 heterocycles. The fraction of sp³-hybridized carbons (Fsp3) is 0.156. The highest BCUT2D eigenvalue weighted by Crippen LogP contribution is 2.51. The third kappa shape index (κ3) is 10.2. The first-order chi connectivity index (χ1) is 36.0. The molecule has 0 saturated carbocycles. The monoisotopic (exact) mass is 1010 g/mol. The number of likely N-dealkylation sites (tertiary alicyclic amines) is 1. The number of carbonyl (C=O) groups is 3. The van der Waals surface area contributed by atoms with Crippen LogP contribution in [0.15, 0.2) is 224 Å². The van der Waals surface area contributed by atoms with E-state index < -0.39 is 35.4 Å². The summed E-state index contributed by atoms with van der Waals surface area (Å²) in [6.07, 6.45) is 5.97. The van der Waals surface area contributed by atoms with Crippen molar-refractivity contribution < 1.29 is 28.6 Å². The minimum absolute atomic E-state index is 0.236. The average Bonchev–Trinajstić information content (AvgIpc) is 3.43. The molecule has 2 aliphatic carbocycles. The Kier molecular flexibility index (Phi) is 15.5. The SMILES string of the molecule is C#CCSC1C(NC(c2ccccc2)(c2ccccc2)c2ccccc2)C(=O)N1C(C(=O)OC(C)(C)C)=P(c1ccccc1)(c1ccccc1)c1ccccc1.COc1ccc(COC(=O)c2cc3ccc2=3)cc1. The van der Waals surface area contributed by atoms with Gasteiger partial charge in [-0.15, -0.1) is 18.2 Å². The van der Waals surface area contributed by atoms with E-state index in [0.717, 1.165) is 54.4 Å². The molecule has 2 atom stereocenters. The van der Waals surface area contributed by atoms with Crippen LogP contribution >= 0.6 is 18.6 Å². The summed E-state index contributed by atoms with van der Waals surface area (Å²) in [5, 5.41) is 8.30. The molecule has 1 N–H and O–H groups in total. The molecule has 1 amide bonds. The van der Waals surface area contributed by atoms with Crippen LogP contribution in [0.4, 0.5) is 0 Å². The molecule has 0 spiro atoms. The van der Waals surface area contributed by atoms with Crippen LogP contribution in [0.3, 0.4) is 0 Å². The van der Waals surface area contributed by atoms with Crippen LogP contribution in [0.2, 0.25) is 0 Å². The molecule has 0 radical (unpaired) electrons. The van der Waals surface area contributed by atoms with Crippen LogP contribution in [0.1, 0.15) is 53.4 Å². The van der Waals surface area contributed by atoms with Gasteiger partial charge in [0.05, 0.1) is 24.0 Å². The van der Waals surface area contributed by atoms with Gasteiger partial charge in [0, 0.05) is 6.89 Å². The summed E-state index contributed by atoms with van der Waals surface area (Å²) in [5.74, 6) is 2.88. The van der Waals surface area contributed by atoms with Crippen LogP contribution in [-0.4, -0.2) is 58.0 Å². The van der Waals surface area contributed by atoms with E-state index in [0.29, 0.717) is 16.7 Å². The molecule has 10 rings (SSSR count). The largest absolute Gasteiger partial charge is 0.497 e. The Morgan fingerprint density at radius 1 is 0.649 bits per heavy atom. The lowest BCUT2D eigenvalue weighted by atomic mass is 9.76. The maximum atomic E-state index is 15.5. The molecule has 7 aromatic carbocycles. The van der Waals surface area contributed by atoms with E-state index in [2.05, 4.69) is 84.0 Å². The van der Waals surface area contributed by atoms with Crippen molar-refractivity contribution in [2.45, 2.75) is 49.9 Å². The lowest BCUT2D eigenvalue weighted by molar-refractivity contribution is -0.151. The normalized spacial score (nSPS) is 14.5. The van der Waals surface area contributed by atoms with E-state index in [4.69, 9.17) is 20.6 Å². The van der Waals surface area contributed by atoms with E-state index in [1.807, 2.05) is 172 Å². The number of rotatable bonds is 16. The highest BCUT2D eigenvalue weighted by atomic mass is 32.2. The lowest BCUT2D eigenvalue weighted by Crippen LogP contribution is -2.74. The number of nitrogens with zero attached hydrogens (tertiary/aromatic N) is 1. The highest BCUT2D eigenvalue weighted by molar-refractivity contribution is 8.00. The Balaban J connectivity index is 0.000000312. The molecule has 74 heavy (non-hydrogen) atoms. The first-order valence-corrected chi connectivity index (χ1v) is 27.3. The first kappa shape index (κ1) is 51.1. The van der Waals surface area contributed by atoms with Crippen molar-refractivity contribution in [1.82, 2.24) is 10.2 Å². The second kappa shape index (κ2) is 22.5. The summed E-state index contributed by atoms with van der Waals surface area (Å²) in [4.78, 5) is 44.3. The van der Waals surface area contributed by atoms with E-state index in [-0.39, 0.29) is 18.5 Å². The van der Waals surface area contributed by atoms with E-state index in [1.54, 1.807) is 12.0 Å². The van der Waals surface area contributed by atoms with Crippen LogP contribution in [-0.2, 0) is 31.2 Å². The highest BCUT2D eigenvalue weighted by Gasteiger charge is 2.57. The number of nitrogens with one attached hydrogen (secondary N) is 1. The molecule has 8 nitrogen and oxygen atoms in total. The number of β-lactam (4-membered cyclic amide) rings is 1. The number of ether oxygens (including phenoxy) is 3. The maximum absolute atomic E-state index is 15.5. The fourth-order valence-corrected chi connectivity index (χ4v) is 15.0. The van der Waals surface area contributed by atoms with Gasteiger partial charge in [0.1, 0.15) is 34.8 Å². The quantitative estimate of drug-likeness (QED) is 0.0336. The van der Waals surface area contributed by atoms with Gasteiger partial charge in [-0.25, -0.2) is 9.59 Å². The number of amides is 1. The Morgan fingerprint density at radius 2 is 1.11 bits per heavy atom. The minimum Gasteiger partial charge on any atom is -0.497 e. The summed E-state index contributed by atoms with van der Waals surface area (Å²) in [7, 11) is 1.62. The molecule has 0 bridgehead atoms. The van der Waals surface area contributed by atoms with Crippen LogP contribution in [0, 0.1) is 22.8 Å². The average molecular weight is 1010 g/mol. The van der Waals surface area contributed by atoms with Gasteiger partial charge in [-0.3, -0.25) is 15.0 Å². The molecule has 1 aliphatic heterocycles. The van der Waals surface area contributed by atoms with Crippen molar-refractivity contribution >= 4 is 57.8 Å². The molecule has 3 aliphatic rings. The number of hydrogen-bond acceptors (Lipinski definition) is 8. The Labute approximate surface area is 438 Å². The number of terminal acetylenes is 1. The third-order valence-corrected chi connectivity index (χ3v) is 18.4. The number of methoxy groups -OCH3 is 1. The first-order valence-electron chi connectivity index (χ1n) is 24.4. The molecule has 1 saturated heterocycles. The van der Waals surface area contributed by atoms with Gasteiger partial charge in [-0.2, -0.15) is 0 Å². The van der Waals surface area contributed by atoms with Crippen LogP contribution in [0.5, 0.6) is 5.75 Å². The van der Waals surface area contributed by atoms with Crippen LogP contribution in [0.25, 0.3) is 0 Å². The zero-order chi connectivity index (χ0) is 51.7. The third-order valence-electron chi connectivity index (χ3n) is 13.0. The summed E-state index contributed by atoms with van der Waals surface area (Å²) < 4.78 is 16.7. The standard InChI is InChI=1S/C49H45N2O3PS.C15H12O3/c1-5-36-56-46-43(50-49(37-24-12-6-13-25-37,38-26-14-7-15-27-38)39-28-16-8-17-29-39)44(52)51(46)45(47(53)54-48(2,3)4)55(40-30-18-9-19-31-40,41-32-20-10-21-33-41)42-34-22-11-23-35-42;1-17-12-5-2-10(3-6-12)9-18-15(16)14-8-11-4-7-13(11)14/h1,6-35,43,46,50H,36H2,2-4H3;2-8H,9H2,1H3. The maximum Gasteiger partial charge on any atom is 0.356 e. The second-order valence-electron chi connectivity index (χ2n) is 18.8. The number of carbonyl (C=O) groups excluding carboxylic acids is 3. The molecular formula is C64H57N2O6PS. The fourth-order valence-electron chi connectivity index (χ4n) is 9.57. The zero-order valence-corrected chi connectivity index (χ0v) is 43.5. The van der Waals surface area contributed by atoms with Crippen LogP contribution < -0.4 is 26.0 Å². The van der Waals surface area contributed by atoms with Gasteiger partial charge in [-0.1, -0.05) is 212 Å². The van der Waals surface area contributed by atoms with Gasteiger partial charge < -0.3 is 14.2 Å². The second-order valence-corrected chi connectivity index (χ2v) is 23.2. The topological polar surface area (TPSA) is 94.2 Å². The predicted molar refractivity (Wildman–Crippen MR) is 300 cm³/mol. The van der Waals surface area contributed by atoms with Gasteiger partial charge in [-0.05, 0) is 87.6 Å². The predicted octanol–water partition coefficient (Wildman–Crippen LogP) is 10.6. The minimum atomic E-state index is -3.13. The molecule has 370 valence electrons. The molecule has 7 aromatic rings. The summed E-state index contributed by atoms with van der Waals surface area (Å²) in [5.41, 5.74) is 3.07. The van der Waals surface area contributed by atoms with E-state index in [1.165, 1.54) is 11.8 Å². The Morgan fingerprint density at radius 3 is 1.49 bits per heavy atom. The van der Waals surface area contributed by atoms with Gasteiger partial charge in [0.25, 0.3) is 0 Å². The van der Waals surface area contributed by atoms with E-state index in [9.17, 15) is 4.79 Å². The van der Waals surface area contributed by atoms with Crippen molar-refractivity contribution in [3.8, 4) is 18.1 Å². The lowest BCUT2D eigenvalue weighted by Gasteiger charge is -2.52. The number of hydrogen-bond donors (Lipinski definition) is 1. The van der Waals surface area contributed by atoms with Crippen molar-refractivity contribution in [3.05, 3.63) is 263 Å². The molecule has 0 aromatic heterocycles. The molecular weight excluding hydrogens is 956 g/mol. The van der Waals surface area contributed by atoms with E-state index >= 15 is 9.59 Å². The molecule has 2 unspecified atom stereocenters. The van der Waals surface area contributed by atoms with Gasteiger partial charge >= 0.3 is 11.9 Å². The summed E-state index contributed by atoms with van der Waals surface area (Å²) >= 11 is 1.47. The number of esters is 2. The van der Waals surface area contributed by atoms with Gasteiger partial charge in [0.2, 0.25) is 5.91 Å². The molecule has 1 fully saturated rings. The smallest absolute Gasteiger partial charge is 0.356 e. The number of thioether (sulfide) groups is 1. The summed E-state index contributed by atoms with van der Waals surface area (Å²) in [6, 6.07) is 73.3. The van der Waals surface area contributed by atoms with Crippen molar-refractivity contribution in [2.24, 2.45) is 0 Å². The Bertz CT molecular complexity index is 3240. The van der Waals surface area contributed by atoms with Crippen molar-refractivity contribution in [1.29, 1.82) is 0 Å².